The molecule has 2 aliphatic rings. The van der Waals surface area contributed by atoms with Crippen molar-refractivity contribution in [3.63, 3.8) is 0 Å². The van der Waals surface area contributed by atoms with Crippen LogP contribution < -0.4 is 16.0 Å². The van der Waals surface area contributed by atoms with Gasteiger partial charge in [-0.25, -0.2) is 9.18 Å². The van der Waals surface area contributed by atoms with Gasteiger partial charge in [0.25, 0.3) is 0 Å². The number of nitrogens with one attached hydrogen (secondary N) is 3. The number of halogens is 1. The molecule has 7 nitrogen and oxygen atoms in total. The summed E-state index contributed by atoms with van der Waals surface area (Å²) in [5.74, 6) is 0.168. The first-order chi connectivity index (χ1) is 18.4. The molecule has 1 saturated heterocycles. The molecule has 1 heterocycles. The average Bonchev–Trinajstić information content (AvgIpc) is 2.91. The quantitative estimate of drug-likeness (QED) is 0.314. The molecule has 8 heteroatoms. The number of amides is 3. The first-order valence-corrected chi connectivity index (χ1v) is 14.6. The fourth-order valence-electron chi connectivity index (χ4n) is 6.65. The van der Waals surface area contributed by atoms with E-state index in [4.69, 9.17) is 4.74 Å². The van der Waals surface area contributed by atoms with Gasteiger partial charge in [0.15, 0.2) is 0 Å². The maximum Gasteiger partial charge on any atom is 0.317 e. The number of likely N-dealkylation sites (tertiary alicyclic amines) is 1. The summed E-state index contributed by atoms with van der Waals surface area (Å²) in [7, 11) is 3.61. The van der Waals surface area contributed by atoms with Crippen LogP contribution in [0.15, 0.2) is 24.3 Å². The molecule has 3 N–H and O–H groups in total. The van der Waals surface area contributed by atoms with E-state index in [9.17, 15) is 14.0 Å². The minimum absolute atomic E-state index is 0.0312. The summed E-state index contributed by atoms with van der Waals surface area (Å²) in [4.78, 5) is 28.0. The molecule has 1 aliphatic heterocycles. The normalized spacial score (nSPS) is 20.9. The van der Waals surface area contributed by atoms with Gasteiger partial charge in [0.05, 0.1) is 5.54 Å². The molecule has 1 unspecified atom stereocenters. The zero-order valence-corrected chi connectivity index (χ0v) is 23.7. The third-order valence-corrected chi connectivity index (χ3v) is 8.43. The van der Waals surface area contributed by atoms with E-state index >= 15 is 0 Å². The van der Waals surface area contributed by atoms with Gasteiger partial charge >= 0.3 is 6.03 Å². The van der Waals surface area contributed by atoms with Gasteiger partial charge in [-0.15, -0.1) is 0 Å². The van der Waals surface area contributed by atoms with E-state index in [0.29, 0.717) is 32.0 Å². The second kappa shape index (κ2) is 15.4. The maximum atomic E-state index is 14.4. The van der Waals surface area contributed by atoms with Gasteiger partial charge in [-0.3, -0.25) is 4.79 Å². The first-order valence-electron chi connectivity index (χ1n) is 14.6. The first kappa shape index (κ1) is 30.4. The summed E-state index contributed by atoms with van der Waals surface area (Å²) in [6, 6.07) is 6.63. The van der Waals surface area contributed by atoms with Crippen LogP contribution in [0.4, 0.5) is 9.18 Å². The van der Waals surface area contributed by atoms with Crippen LogP contribution in [0.3, 0.4) is 0 Å². The Morgan fingerprint density at radius 1 is 1.16 bits per heavy atom. The Balaban J connectivity index is 1.79. The third kappa shape index (κ3) is 8.67. The zero-order chi connectivity index (χ0) is 27.4. The number of likely N-dealkylation sites (N-methyl/N-ethyl adjacent to an activating group) is 1. The number of ether oxygens (including phenoxy) is 1. The Hall–Kier alpha value is -2.19. The van der Waals surface area contributed by atoms with Gasteiger partial charge in [-0.2, -0.15) is 0 Å². The topological polar surface area (TPSA) is 82.7 Å². The van der Waals surface area contributed by atoms with E-state index in [-0.39, 0.29) is 29.7 Å². The van der Waals surface area contributed by atoms with Crippen molar-refractivity contribution in [1.82, 2.24) is 20.9 Å². The van der Waals surface area contributed by atoms with E-state index in [2.05, 4.69) is 16.0 Å². The number of hydrogen-bond acceptors (Lipinski definition) is 4. The van der Waals surface area contributed by atoms with Gasteiger partial charge in [0.1, 0.15) is 5.82 Å². The number of nitrogens with zero attached hydrogens (tertiary/aromatic N) is 1. The van der Waals surface area contributed by atoms with Crippen LogP contribution in [0, 0.1) is 17.7 Å². The maximum absolute atomic E-state index is 14.4. The highest BCUT2D eigenvalue weighted by atomic mass is 19.1. The molecule has 3 atom stereocenters. The Kier molecular flexibility index (Phi) is 12.3. The molecule has 1 aromatic rings. The third-order valence-electron chi connectivity index (χ3n) is 8.43. The van der Waals surface area contributed by atoms with Crippen LogP contribution >= 0.6 is 0 Å². The van der Waals surface area contributed by atoms with Crippen molar-refractivity contribution in [3.05, 3.63) is 35.6 Å². The molecule has 1 saturated carbocycles. The Labute approximate surface area is 228 Å². The number of carbonyl (C=O) groups excluding carboxylic acids is 2. The lowest BCUT2D eigenvalue weighted by molar-refractivity contribution is -0.122. The van der Waals surface area contributed by atoms with Crippen molar-refractivity contribution in [2.24, 2.45) is 11.8 Å². The van der Waals surface area contributed by atoms with Crippen molar-refractivity contribution in [3.8, 4) is 0 Å². The lowest BCUT2D eigenvalue weighted by atomic mass is 9.71. The summed E-state index contributed by atoms with van der Waals surface area (Å²) >= 11 is 0. The van der Waals surface area contributed by atoms with Crippen LogP contribution in [0.5, 0.6) is 0 Å². The van der Waals surface area contributed by atoms with Crippen molar-refractivity contribution in [1.29, 1.82) is 0 Å². The lowest BCUT2D eigenvalue weighted by Crippen LogP contribution is -2.58. The summed E-state index contributed by atoms with van der Waals surface area (Å²) < 4.78 is 19.7. The van der Waals surface area contributed by atoms with E-state index in [1.165, 1.54) is 45.1 Å². The highest BCUT2D eigenvalue weighted by Gasteiger charge is 2.43. The Morgan fingerprint density at radius 3 is 2.63 bits per heavy atom. The largest absolute Gasteiger partial charge is 0.385 e. The van der Waals surface area contributed by atoms with Gasteiger partial charge in [0, 0.05) is 52.2 Å². The molecular formula is C30H49FN4O3. The van der Waals surface area contributed by atoms with Crippen LogP contribution in [-0.2, 0) is 15.1 Å². The molecule has 214 valence electrons. The second-order valence-electron chi connectivity index (χ2n) is 11.3. The molecule has 0 radical (unpaired) electrons. The van der Waals surface area contributed by atoms with Gasteiger partial charge in [0.2, 0.25) is 5.91 Å². The number of benzene rings is 1. The molecule has 3 rings (SSSR count). The molecular weight excluding hydrogens is 483 g/mol. The van der Waals surface area contributed by atoms with E-state index in [1.54, 1.807) is 19.2 Å². The summed E-state index contributed by atoms with van der Waals surface area (Å²) in [5, 5.41) is 9.81. The standard InChI is InChI=1S/C30H49FN4O3/c1-23(36)34-30(16-7-8-18-38-3,25-13-9-15-27(31)20-25)26-14-10-17-35(22-26)29(37)33-28(21-32-2)19-24-11-5-4-6-12-24/h9,13,15,20,24,26,28,32H,4-8,10-12,14,16-19,21-22H2,1-3H3,(H,33,37)(H,34,36)/t26-,28?,30-/m1/s1. The molecule has 2 fully saturated rings. The van der Waals surface area contributed by atoms with Crippen molar-refractivity contribution >= 4 is 11.9 Å². The molecule has 1 aromatic carbocycles. The Morgan fingerprint density at radius 2 is 1.95 bits per heavy atom. The van der Waals surface area contributed by atoms with E-state index in [1.807, 2.05) is 18.0 Å². The van der Waals surface area contributed by atoms with Gasteiger partial charge in [-0.05, 0) is 69.2 Å². The van der Waals surface area contributed by atoms with E-state index in [0.717, 1.165) is 44.2 Å². The van der Waals surface area contributed by atoms with Crippen LogP contribution in [-0.4, -0.2) is 63.3 Å². The fourth-order valence-corrected chi connectivity index (χ4v) is 6.65. The molecule has 0 spiro atoms. The van der Waals surface area contributed by atoms with Crippen LogP contribution in [0.1, 0.15) is 83.1 Å². The van der Waals surface area contributed by atoms with Crippen molar-refractivity contribution in [2.75, 3.05) is 40.4 Å². The number of carbonyl (C=O) groups is 2. The van der Waals surface area contributed by atoms with E-state index < -0.39 is 5.54 Å². The molecule has 38 heavy (non-hydrogen) atoms. The summed E-state index contributed by atoms with van der Waals surface area (Å²) in [6.07, 6.45) is 11.4. The van der Waals surface area contributed by atoms with Crippen LogP contribution in [0.2, 0.25) is 0 Å². The monoisotopic (exact) mass is 532 g/mol. The highest BCUT2D eigenvalue weighted by Crippen LogP contribution is 2.40. The van der Waals surface area contributed by atoms with Crippen LogP contribution in [0.25, 0.3) is 0 Å². The fraction of sp³-hybridized carbons (Fsp3) is 0.733. The predicted molar refractivity (Wildman–Crippen MR) is 149 cm³/mol. The molecule has 0 bridgehead atoms. The smallest absolute Gasteiger partial charge is 0.317 e. The minimum Gasteiger partial charge on any atom is -0.385 e. The van der Waals surface area contributed by atoms with Gasteiger partial charge < -0.3 is 25.6 Å². The number of unbranched alkanes of at least 4 members (excludes halogenated alkanes) is 1. The number of piperidine rings is 1. The SMILES string of the molecule is CNCC(CC1CCCCC1)NC(=O)N1CCC[C@@H]([C@](CCCCOC)(NC(C)=O)c2cccc(F)c2)C1. The molecule has 1 aliphatic carbocycles. The highest BCUT2D eigenvalue weighted by molar-refractivity contribution is 5.75. The van der Waals surface area contributed by atoms with Gasteiger partial charge in [-0.1, -0.05) is 44.2 Å². The minimum atomic E-state index is -0.757. The number of urea groups is 1. The number of hydrogen-bond donors (Lipinski definition) is 3. The second-order valence-corrected chi connectivity index (χ2v) is 11.3. The van der Waals surface area contributed by atoms with Crippen molar-refractivity contribution < 1.29 is 18.7 Å². The zero-order valence-electron chi connectivity index (χ0n) is 23.7. The van der Waals surface area contributed by atoms with Crippen molar-refractivity contribution in [2.45, 2.75) is 89.1 Å². The molecule has 0 aromatic heterocycles. The molecule has 3 amide bonds. The summed E-state index contributed by atoms with van der Waals surface area (Å²) in [5.41, 5.74) is 0.00957. The predicted octanol–water partition coefficient (Wildman–Crippen LogP) is 4.95. The number of rotatable bonds is 13. The number of methoxy groups -OCH3 is 1. The Bertz CT molecular complexity index is 879. The summed E-state index contributed by atoms with van der Waals surface area (Å²) in [6.45, 7) is 4.10. The lowest BCUT2D eigenvalue weighted by Gasteiger charge is -2.46. The average molecular weight is 533 g/mol.